The van der Waals surface area contributed by atoms with Crippen molar-refractivity contribution in [2.45, 2.75) is 65.7 Å². The Kier molecular flexibility index (Phi) is 8.39. The highest BCUT2D eigenvalue weighted by Gasteiger charge is 2.35. The van der Waals surface area contributed by atoms with Crippen molar-refractivity contribution in [3.8, 4) is 17.0 Å². The van der Waals surface area contributed by atoms with Gasteiger partial charge in [-0.3, -0.25) is 4.79 Å². The summed E-state index contributed by atoms with van der Waals surface area (Å²) in [5.74, 6) is -2.13. The molecule has 0 aliphatic carbocycles. The van der Waals surface area contributed by atoms with Crippen molar-refractivity contribution in [1.29, 1.82) is 0 Å². The average Bonchev–Trinajstić information content (AvgIpc) is 3.34. The number of rotatable bonds is 7. The van der Waals surface area contributed by atoms with E-state index < -0.39 is 29.4 Å². The molecule has 0 radical (unpaired) electrons. The van der Waals surface area contributed by atoms with Crippen molar-refractivity contribution < 1.29 is 28.6 Å². The lowest BCUT2D eigenvalue weighted by molar-refractivity contribution is -0.160. The average molecular weight is 630 g/mol. The fourth-order valence-corrected chi connectivity index (χ4v) is 5.86. The summed E-state index contributed by atoms with van der Waals surface area (Å²) >= 11 is 12.2. The van der Waals surface area contributed by atoms with Crippen LogP contribution in [0, 0.1) is 19.7 Å². The van der Waals surface area contributed by atoms with Gasteiger partial charge in [-0.2, -0.15) is 5.10 Å². The van der Waals surface area contributed by atoms with Gasteiger partial charge in [-0.05, 0) is 82.9 Å². The molecule has 0 spiro atoms. The number of halogens is 3. The molecule has 2 aromatic carbocycles. The molecule has 0 saturated carbocycles. The molecule has 1 atom stereocenters. The topological polar surface area (TPSA) is 115 Å². The van der Waals surface area contributed by atoms with Crippen molar-refractivity contribution in [3.63, 3.8) is 0 Å². The number of aliphatic carboxylic acids is 1. The molecule has 43 heavy (non-hydrogen) atoms. The third kappa shape index (κ3) is 6.32. The molecule has 2 aromatic heterocycles. The van der Waals surface area contributed by atoms with Crippen LogP contribution in [0.3, 0.4) is 0 Å². The molecule has 3 heterocycles. The van der Waals surface area contributed by atoms with Crippen LogP contribution in [0.2, 0.25) is 10.0 Å². The Hall–Kier alpha value is -3.73. The Morgan fingerprint density at radius 2 is 1.86 bits per heavy atom. The number of carboxylic acid groups (broad SMARTS) is 1. The second-order valence-corrected chi connectivity index (χ2v) is 12.3. The van der Waals surface area contributed by atoms with Gasteiger partial charge in [0.2, 0.25) is 0 Å². The maximum Gasteiger partial charge on any atom is 0.337 e. The maximum atomic E-state index is 15.5. The van der Waals surface area contributed by atoms with Crippen LogP contribution in [0.5, 0.6) is 5.75 Å². The zero-order valence-corrected chi connectivity index (χ0v) is 25.9. The van der Waals surface area contributed by atoms with Gasteiger partial charge < -0.3 is 19.9 Å². The van der Waals surface area contributed by atoms with E-state index in [-0.39, 0.29) is 34.9 Å². The Labute approximate surface area is 257 Å². The molecule has 9 nitrogen and oxygen atoms in total. The van der Waals surface area contributed by atoms with Gasteiger partial charge in [0.1, 0.15) is 0 Å². The number of ether oxygens (including phenoxy) is 2. The molecular weight excluding hydrogens is 598 g/mol. The van der Waals surface area contributed by atoms with Gasteiger partial charge in [0.25, 0.3) is 5.91 Å². The number of aryl methyl sites for hydroxylation is 1. The van der Waals surface area contributed by atoms with Crippen LogP contribution in [0.25, 0.3) is 16.9 Å². The lowest BCUT2D eigenvalue weighted by atomic mass is 9.91. The van der Waals surface area contributed by atoms with E-state index in [2.05, 4.69) is 15.4 Å². The number of amides is 1. The number of aromatic nitrogens is 3. The lowest BCUT2D eigenvalue weighted by Crippen LogP contribution is -2.29. The predicted octanol–water partition coefficient (Wildman–Crippen LogP) is 6.65. The van der Waals surface area contributed by atoms with E-state index in [9.17, 15) is 14.7 Å². The Morgan fingerprint density at radius 3 is 2.51 bits per heavy atom. The molecule has 0 bridgehead atoms. The van der Waals surface area contributed by atoms with Gasteiger partial charge in [-0.15, -0.1) is 0 Å². The first kappa shape index (κ1) is 30.7. The number of carbonyl (C=O) groups is 2. The van der Waals surface area contributed by atoms with Crippen LogP contribution in [-0.4, -0.2) is 43.8 Å². The highest BCUT2D eigenvalue weighted by atomic mass is 35.5. The van der Waals surface area contributed by atoms with E-state index in [1.54, 1.807) is 45.9 Å². The second kappa shape index (κ2) is 11.7. The fourth-order valence-electron chi connectivity index (χ4n) is 5.29. The molecule has 1 amide bonds. The van der Waals surface area contributed by atoms with Crippen LogP contribution in [0.1, 0.15) is 71.7 Å². The van der Waals surface area contributed by atoms with Crippen LogP contribution in [0.15, 0.2) is 30.3 Å². The number of hydrogen-bond donors (Lipinski definition) is 2. The SMILES string of the molecule is Cc1nc2cc(C(=O)NCc3cc(Cl)cc(Cl)c3)nn2c(-c2cc(F)c3c(c2C)CCCO3)c1[C@H](OC(C)(C)C)C(=O)O. The first-order chi connectivity index (χ1) is 20.2. The van der Waals surface area contributed by atoms with Gasteiger partial charge in [-0.25, -0.2) is 18.7 Å². The third-order valence-electron chi connectivity index (χ3n) is 7.09. The lowest BCUT2D eigenvalue weighted by Gasteiger charge is -2.28. The number of carboxylic acids is 1. The predicted molar refractivity (Wildman–Crippen MR) is 161 cm³/mol. The van der Waals surface area contributed by atoms with Crippen molar-refractivity contribution in [3.05, 3.63) is 79.8 Å². The summed E-state index contributed by atoms with van der Waals surface area (Å²) in [4.78, 5) is 30.5. The summed E-state index contributed by atoms with van der Waals surface area (Å²) < 4.78 is 28.5. The van der Waals surface area contributed by atoms with Gasteiger partial charge >= 0.3 is 5.97 Å². The normalized spacial score (nSPS) is 13.9. The van der Waals surface area contributed by atoms with E-state index in [0.29, 0.717) is 57.4 Å². The molecule has 1 aliphatic heterocycles. The van der Waals surface area contributed by atoms with Crippen LogP contribution < -0.4 is 10.1 Å². The summed E-state index contributed by atoms with van der Waals surface area (Å²) in [6, 6.07) is 7.77. The zero-order valence-electron chi connectivity index (χ0n) is 24.3. The largest absolute Gasteiger partial charge is 0.490 e. The van der Waals surface area contributed by atoms with Gasteiger partial charge in [0, 0.05) is 45.0 Å². The molecule has 0 unspecified atom stereocenters. The van der Waals surface area contributed by atoms with Gasteiger partial charge in [0.15, 0.2) is 29.0 Å². The quantitative estimate of drug-likeness (QED) is 0.235. The number of fused-ring (bicyclic) bond motifs is 2. The van der Waals surface area contributed by atoms with Crippen molar-refractivity contribution >= 4 is 40.7 Å². The number of nitrogens with zero attached hydrogens (tertiary/aromatic N) is 3. The van der Waals surface area contributed by atoms with E-state index in [0.717, 1.165) is 0 Å². The molecule has 0 fully saturated rings. The van der Waals surface area contributed by atoms with E-state index in [1.165, 1.54) is 16.6 Å². The summed E-state index contributed by atoms with van der Waals surface area (Å²) in [5, 5.41) is 18.5. The van der Waals surface area contributed by atoms with Crippen molar-refractivity contribution in [1.82, 2.24) is 19.9 Å². The minimum Gasteiger partial charge on any atom is -0.490 e. The Balaban J connectivity index is 1.69. The van der Waals surface area contributed by atoms with Crippen LogP contribution in [-0.2, 0) is 22.5 Å². The maximum absolute atomic E-state index is 15.5. The monoisotopic (exact) mass is 628 g/mol. The molecular formula is C31H31Cl2FN4O5. The fraction of sp³-hybridized carbons (Fsp3) is 0.355. The smallest absolute Gasteiger partial charge is 0.337 e. The van der Waals surface area contributed by atoms with Crippen molar-refractivity contribution in [2.75, 3.05) is 6.61 Å². The third-order valence-corrected chi connectivity index (χ3v) is 7.52. The number of benzene rings is 2. The first-order valence-corrected chi connectivity index (χ1v) is 14.5. The number of hydrogen-bond acceptors (Lipinski definition) is 6. The molecule has 226 valence electrons. The highest BCUT2D eigenvalue weighted by molar-refractivity contribution is 6.34. The summed E-state index contributed by atoms with van der Waals surface area (Å²) in [5.41, 5.74) is 2.78. The standard InChI is InChI=1S/C31H31Cl2FN4O5/c1-15-20-7-6-8-42-27(20)22(34)12-21(15)26-25(28(30(40)41)43-31(3,4)5)16(2)36-24-13-23(37-38(24)26)29(39)35-14-17-9-18(32)11-19(33)10-17/h9-13,28H,6-8,14H2,1-5H3,(H,35,39)(H,40,41)/t28-/m0/s1. The van der Waals surface area contributed by atoms with E-state index in [1.807, 2.05) is 6.92 Å². The zero-order chi connectivity index (χ0) is 31.2. The molecule has 4 aromatic rings. The number of carbonyl (C=O) groups excluding carboxylic acids is 1. The Bertz CT molecular complexity index is 1750. The second-order valence-electron chi connectivity index (χ2n) is 11.5. The molecule has 0 saturated heterocycles. The molecule has 2 N–H and O–H groups in total. The minimum absolute atomic E-state index is 0.0291. The minimum atomic E-state index is -1.46. The molecule has 5 rings (SSSR count). The van der Waals surface area contributed by atoms with Gasteiger partial charge in [0.05, 0.1) is 17.9 Å². The summed E-state index contributed by atoms with van der Waals surface area (Å²) in [6.07, 6.45) is -0.158. The van der Waals surface area contributed by atoms with Crippen LogP contribution in [0.4, 0.5) is 4.39 Å². The van der Waals surface area contributed by atoms with E-state index in [4.69, 9.17) is 32.7 Å². The van der Waals surface area contributed by atoms with Gasteiger partial charge in [-0.1, -0.05) is 23.2 Å². The highest BCUT2D eigenvalue weighted by Crippen LogP contribution is 2.41. The first-order valence-electron chi connectivity index (χ1n) is 13.7. The summed E-state index contributed by atoms with van der Waals surface area (Å²) in [7, 11) is 0. The van der Waals surface area contributed by atoms with Crippen LogP contribution >= 0.6 is 23.2 Å². The number of nitrogens with one attached hydrogen (secondary N) is 1. The van der Waals surface area contributed by atoms with E-state index >= 15 is 4.39 Å². The Morgan fingerprint density at radius 1 is 1.16 bits per heavy atom. The summed E-state index contributed by atoms with van der Waals surface area (Å²) in [6.45, 7) is 9.27. The molecule has 1 aliphatic rings. The van der Waals surface area contributed by atoms with Crippen molar-refractivity contribution in [2.24, 2.45) is 0 Å². The molecule has 12 heteroatoms.